The Morgan fingerprint density at radius 1 is 1.13 bits per heavy atom. The third-order valence-corrected chi connectivity index (χ3v) is 5.80. The van der Waals surface area contributed by atoms with Crippen LogP contribution in [0.15, 0.2) is 58.4 Å². The third kappa shape index (κ3) is 5.68. The molecule has 0 radical (unpaired) electrons. The van der Waals surface area contributed by atoms with Gasteiger partial charge in [0.1, 0.15) is 0 Å². The van der Waals surface area contributed by atoms with E-state index in [1.807, 2.05) is 61.5 Å². The van der Waals surface area contributed by atoms with Gasteiger partial charge in [0.05, 0.1) is 37.0 Å². The van der Waals surface area contributed by atoms with E-state index >= 15 is 0 Å². The lowest BCUT2D eigenvalue weighted by atomic mass is 10.1. The summed E-state index contributed by atoms with van der Waals surface area (Å²) in [6, 6.07) is 15.3. The molecule has 0 aromatic heterocycles. The number of carbonyl (C=O) groups excluding carboxylic acids is 1. The summed E-state index contributed by atoms with van der Waals surface area (Å²) in [6.07, 6.45) is 2.73. The number of ether oxygens (including phenoxy) is 3. The molecule has 0 N–H and O–H groups in total. The van der Waals surface area contributed by atoms with E-state index in [0.717, 1.165) is 17.7 Å². The Labute approximate surface area is 187 Å². The molecule has 7 heteroatoms. The maximum absolute atomic E-state index is 13.2. The quantitative estimate of drug-likeness (QED) is 0.506. The number of benzene rings is 2. The first-order valence-electron chi connectivity index (χ1n) is 10.2. The number of carbonyl (C=O) groups is 1. The lowest BCUT2D eigenvalue weighted by molar-refractivity contribution is -0.122. The highest BCUT2D eigenvalue weighted by Crippen LogP contribution is 2.38. The van der Waals surface area contributed by atoms with Crippen LogP contribution in [-0.2, 0) is 9.53 Å². The van der Waals surface area contributed by atoms with Crippen molar-refractivity contribution in [1.29, 1.82) is 0 Å². The molecule has 1 fully saturated rings. The Kier molecular flexibility index (Phi) is 8.14. The largest absolute Gasteiger partial charge is 0.493 e. The minimum atomic E-state index is -0.103. The Bertz CT molecular complexity index is 959. The molecule has 1 saturated heterocycles. The van der Waals surface area contributed by atoms with Crippen LogP contribution < -0.4 is 9.47 Å². The van der Waals surface area contributed by atoms with Crippen molar-refractivity contribution in [1.82, 2.24) is 4.90 Å². The number of thioether (sulfide) groups is 1. The number of rotatable bonds is 9. The maximum atomic E-state index is 13.2. The topological polar surface area (TPSA) is 60.4 Å². The van der Waals surface area contributed by atoms with Crippen LogP contribution in [0.2, 0.25) is 0 Å². The van der Waals surface area contributed by atoms with E-state index in [0.29, 0.717) is 34.7 Å². The number of methoxy groups -OCH3 is 2. The fourth-order valence-corrected chi connectivity index (χ4v) is 3.96. The van der Waals surface area contributed by atoms with Crippen molar-refractivity contribution in [2.75, 3.05) is 27.4 Å². The molecule has 0 saturated carbocycles. The lowest BCUT2D eigenvalue weighted by Crippen LogP contribution is -2.32. The van der Waals surface area contributed by atoms with Gasteiger partial charge < -0.3 is 14.2 Å². The van der Waals surface area contributed by atoms with Gasteiger partial charge in [-0.15, -0.1) is 0 Å². The molecule has 3 rings (SSSR count). The standard InChI is InChI=1S/C24H28N2O4S/c1-5-17(2)30-22-18(10-9-13-20(22)29-4)16-21-23(27)26(14-15-28-3)24(31-21)25-19-11-7-6-8-12-19/h6-13,16-17H,5,14-15H2,1-4H3/b21-16+,25-24?/t17-/m0/s1. The Balaban J connectivity index is 1.99. The van der Waals surface area contributed by atoms with Gasteiger partial charge in [-0.05, 0) is 49.4 Å². The first-order valence-corrected chi connectivity index (χ1v) is 11.1. The van der Waals surface area contributed by atoms with E-state index in [4.69, 9.17) is 14.2 Å². The smallest absolute Gasteiger partial charge is 0.266 e. The molecule has 0 aliphatic carbocycles. The monoisotopic (exact) mass is 440 g/mol. The highest BCUT2D eigenvalue weighted by molar-refractivity contribution is 8.18. The molecule has 1 aliphatic rings. The highest BCUT2D eigenvalue weighted by Gasteiger charge is 2.33. The van der Waals surface area contributed by atoms with Crippen molar-refractivity contribution < 1.29 is 19.0 Å². The molecule has 0 bridgehead atoms. The molecule has 6 nitrogen and oxygen atoms in total. The number of amides is 1. The van der Waals surface area contributed by atoms with Crippen LogP contribution in [0.4, 0.5) is 5.69 Å². The summed E-state index contributed by atoms with van der Waals surface area (Å²) in [5, 5.41) is 0.631. The van der Waals surface area contributed by atoms with Crippen LogP contribution in [0.3, 0.4) is 0 Å². The predicted octanol–water partition coefficient (Wildman–Crippen LogP) is 5.12. The molecular formula is C24H28N2O4S. The first-order chi connectivity index (χ1) is 15.1. The van der Waals surface area contributed by atoms with Crippen molar-refractivity contribution in [2.45, 2.75) is 26.4 Å². The lowest BCUT2D eigenvalue weighted by Gasteiger charge is -2.18. The fourth-order valence-electron chi connectivity index (χ4n) is 2.94. The Hall–Kier alpha value is -2.77. The van der Waals surface area contributed by atoms with Gasteiger partial charge in [0.25, 0.3) is 5.91 Å². The van der Waals surface area contributed by atoms with E-state index in [9.17, 15) is 4.79 Å². The van der Waals surface area contributed by atoms with E-state index < -0.39 is 0 Å². The van der Waals surface area contributed by atoms with Crippen molar-refractivity contribution in [3.8, 4) is 11.5 Å². The average molecular weight is 441 g/mol. The molecule has 164 valence electrons. The molecule has 2 aromatic rings. The summed E-state index contributed by atoms with van der Waals surface area (Å²) < 4.78 is 16.8. The number of hydrogen-bond acceptors (Lipinski definition) is 6. The molecule has 1 heterocycles. The zero-order chi connectivity index (χ0) is 22.2. The van der Waals surface area contributed by atoms with Crippen LogP contribution in [0.5, 0.6) is 11.5 Å². The van der Waals surface area contributed by atoms with Crippen LogP contribution in [-0.4, -0.2) is 49.4 Å². The number of amidine groups is 1. The zero-order valence-corrected chi connectivity index (χ0v) is 19.1. The van der Waals surface area contributed by atoms with Gasteiger partial charge in [-0.2, -0.15) is 0 Å². The number of para-hydroxylation sites is 2. The van der Waals surface area contributed by atoms with Crippen molar-refractivity contribution >= 4 is 34.6 Å². The van der Waals surface area contributed by atoms with Gasteiger partial charge in [-0.1, -0.05) is 37.3 Å². The minimum Gasteiger partial charge on any atom is -0.493 e. The van der Waals surface area contributed by atoms with Crippen molar-refractivity contribution in [3.63, 3.8) is 0 Å². The number of hydrogen-bond donors (Lipinski definition) is 0. The maximum Gasteiger partial charge on any atom is 0.266 e. The van der Waals surface area contributed by atoms with Crippen molar-refractivity contribution in [3.05, 3.63) is 59.0 Å². The molecular weight excluding hydrogens is 412 g/mol. The molecule has 1 amide bonds. The van der Waals surface area contributed by atoms with E-state index in [2.05, 4.69) is 11.9 Å². The molecule has 0 spiro atoms. The van der Waals surface area contributed by atoms with Crippen LogP contribution in [0.25, 0.3) is 6.08 Å². The van der Waals surface area contributed by atoms with Gasteiger partial charge >= 0.3 is 0 Å². The van der Waals surface area contributed by atoms with E-state index in [1.165, 1.54) is 11.8 Å². The Morgan fingerprint density at radius 3 is 2.58 bits per heavy atom. The highest BCUT2D eigenvalue weighted by atomic mass is 32.2. The minimum absolute atomic E-state index is 0.0220. The third-order valence-electron chi connectivity index (χ3n) is 4.80. The fraction of sp³-hybridized carbons (Fsp3) is 0.333. The first kappa shape index (κ1) is 22.9. The van der Waals surface area contributed by atoms with Crippen LogP contribution in [0, 0.1) is 0 Å². The summed E-state index contributed by atoms with van der Waals surface area (Å²) in [7, 11) is 3.23. The average Bonchev–Trinajstić information content (AvgIpc) is 3.07. The van der Waals surface area contributed by atoms with Gasteiger partial charge in [-0.3, -0.25) is 9.69 Å². The Morgan fingerprint density at radius 2 is 1.90 bits per heavy atom. The summed E-state index contributed by atoms with van der Waals surface area (Å²) in [5.74, 6) is 1.17. The normalized spacial score (nSPS) is 17.4. The van der Waals surface area contributed by atoms with Gasteiger partial charge in [-0.25, -0.2) is 4.99 Å². The second-order valence-electron chi connectivity index (χ2n) is 7.01. The van der Waals surface area contributed by atoms with Crippen molar-refractivity contribution in [2.24, 2.45) is 4.99 Å². The van der Waals surface area contributed by atoms with Gasteiger partial charge in [0, 0.05) is 12.7 Å². The predicted molar refractivity (Wildman–Crippen MR) is 126 cm³/mol. The number of aliphatic imine (C=N–C) groups is 1. The summed E-state index contributed by atoms with van der Waals surface area (Å²) in [4.78, 5) is 20.1. The molecule has 2 aromatic carbocycles. The summed E-state index contributed by atoms with van der Waals surface area (Å²) >= 11 is 1.35. The molecule has 0 unspecified atom stereocenters. The van der Waals surface area contributed by atoms with Crippen LogP contribution >= 0.6 is 11.8 Å². The van der Waals surface area contributed by atoms with E-state index in [1.54, 1.807) is 19.1 Å². The molecule has 1 aliphatic heterocycles. The van der Waals surface area contributed by atoms with Gasteiger partial charge in [0.2, 0.25) is 0 Å². The molecule has 1 atom stereocenters. The van der Waals surface area contributed by atoms with Crippen LogP contribution in [0.1, 0.15) is 25.8 Å². The SMILES string of the molecule is CC[C@H](C)Oc1c(/C=C2/SC(=Nc3ccccc3)N(CCOC)C2=O)cccc1OC. The zero-order valence-electron chi connectivity index (χ0n) is 18.3. The second-order valence-corrected chi connectivity index (χ2v) is 8.01. The van der Waals surface area contributed by atoms with E-state index in [-0.39, 0.29) is 12.0 Å². The summed E-state index contributed by atoms with van der Waals surface area (Å²) in [5.41, 5.74) is 1.59. The summed E-state index contributed by atoms with van der Waals surface area (Å²) in [6.45, 7) is 4.93. The van der Waals surface area contributed by atoms with Gasteiger partial charge in [0.15, 0.2) is 16.7 Å². The number of nitrogens with zero attached hydrogens (tertiary/aromatic N) is 2. The molecule has 31 heavy (non-hydrogen) atoms. The second kappa shape index (κ2) is 11.0.